The van der Waals surface area contributed by atoms with Crippen LogP contribution in [-0.4, -0.2) is 213 Å². The van der Waals surface area contributed by atoms with Gasteiger partial charge in [-0.2, -0.15) is 0 Å². The van der Waals surface area contributed by atoms with Crippen molar-refractivity contribution >= 4 is 125 Å². The van der Waals surface area contributed by atoms with Crippen molar-refractivity contribution in [2.45, 2.75) is 18.4 Å². The van der Waals surface area contributed by atoms with Crippen LogP contribution in [-0.2, 0) is 28.6 Å². The summed E-state index contributed by atoms with van der Waals surface area (Å²) in [4.78, 5) is 265. The Morgan fingerprint density at radius 3 is 0.476 bits per heavy atom. The summed E-state index contributed by atoms with van der Waals surface area (Å²) >= 11 is 0. The number of benzene rings is 3. The fourth-order valence-electron chi connectivity index (χ4n) is 7.37. The number of ether oxygens (including phenoxy) is 3. The molecule has 16 N–H and O–H groups in total. The molecule has 0 atom stereocenters. The second-order valence-electron chi connectivity index (χ2n) is 14.9. The number of esters is 6. The summed E-state index contributed by atoms with van der Waals surface area (Å²) in [5, 5.41) is 158. The Bertz CT molecular complexity index is 3370. The number of carbonyl (C=O) groups is 21. The van der Waals surface area contributed by atoms with E-state index in [0.29, 0.717) is 0 Å². The van der Waals surface area contributed by atoms with E-state index in [1.165, 1.54) is 0 Å². The Balaban J connectivity index is 2.54. The smallest absolute Gasteiger partial charge is 0.347 e. The van der Waals surface area contributed by atoms with Crippen molar-refractivity contribution in [3.05, 3.63) is 100 Å². The van der Waals surface area contributed by atoms with Gasteiger partial charge in [-0.05, 0) is 0 Å². The van der Waals surface area contributed by atoms with Gasteiger partial charge >= 0.3 is 125 Å². The zero-order valence-electron chi connectivity index (χ0n) is 38.4. The molecular formula is C42H20O40. The molecule has 40 nitrogen and oxygen atoms in total. The molecule has 3 rings (SSSR count). The topological polar surface area (TPSA) is 710 Å². The third-order valence-electron chi connectivity index (χ3n) is 10.2. The van der Waals surface area contributed by atoms with Crippen molar-refractivity contribution in [2.75, 3.05) is 0 Å². The molecule has 428 valence electrons. The van der Waals surface area contributed by atoms with E-state index >= 15 is 0 Å². The molecule has 0 fully saturated rings. The highest BCUT2D eigenvalue weighted by molar-refractivity contribution is 6.27. The van der Waals surface area contributed by atoms with Crippen LogP contribution >= 0.6 is 0 Å². The van der Waals surface area contributed by atoms with Crippen molar-refractivity contribution in [1.29, 1.82) is 0 Å². The molecule has 0 amide bonds. The second-order valence-corrected chi connectivity index (χ2v) is 14.9. The molecule has 3 aromatic rings. The van der Waals surface area contributed by atoms with E-state index in [1.54, 1.807) is 0 Å². The van der Waals surface area contributed by atoms with Gasteiger partial charge in [0.05, 0.1) is 113 Å². The summed E-state index contributed by atoms with van der Waals surface area (Å²) in [6, 6.07) is 0. The standard InChI is InChI=1S/C42H20O40/c43-3(80-38(75)20-14(32(63)64)8(26(51)52)5(23(45)46)9(27(53)54)15(20)33(65)66)1-42(79,41(78)82-40(77)22-18(36(71)72)12(30(59)60)7(25(49)50)13(31(61)62)19(22)37(73)74)2-4(44)81-39(76)21-16(34(67)68)10(28(55)56)6(24(47)48)11(29(57)58)17(21)35(69)70/h79H,1-2H2,(H,45,46)(H,47,48)(H,49,50)(H,51,52)(H,53,54)(H,55,56)(H,57,58)(H,59,60)(H,61,62)(H,63,64)(H,65,66)(H,67,68)(H,69,70)(H,71,72)(H,73,74). The normalized spacial score (nSPS) is 10.6. The first-order valence-corrected chi connectivity index (χ1v) is 19.8. The van der Waals surface area contributed by atoms with Crippen LogP contribution in [0.4, 0.5) is 0 Å². The summed E-state index contributed by atoms with van der Waals surface area (Å²) in [6.45, 7) is 0. The van der Waals surface area contributed by atoms with Crippen LogP contribution in [0.3, 0.4) is 0 Å². The number of carboxylic acids is 15. The molecule has 0 saturated heterocycles. The largest absolute Gasteiger partial charge is 0.478 e. The number of hydrogen-bond acceptors (Lipinski definition) is 25. The summed E-state index contributed by atoms with van der Waals surface area (Å²) in [5.41, 5.74) is -46.9. The highest BCUT2D eigenvalue weighted by Crippen LogP contribution is 2.35. The molecule has 40 heteroatoms. The quantitative estimate of drug-likeness (QED) is 0.0281. The Morgan fingerprint density at radius 1 is 0.220 bits per heavy atom. The minimum Gasteiger partial charge on any atom is -0.478 e. The van der Waals surface area contributed by atoms with Crippen molar-refractivity contribution in [2.24, 2.45) is 0 Å². The lowest BCUT2D eigenvalue weighted by molar-refractivity contribution is -0.171. The summed E-state index contributed by atoms with van der Waals surface area (Å²) < 4.78 is 12.4. The zero-order valence-corrected chi connectivity index (χ0v) is 38.4. The van der Waals surface area contributed by atoms with Crippen molar-refractivity contribution in [3.63, 3.8) is 0 Å². The summed E-state index contributed by atoms with van der Waals surface area (Å²) in [7, 11) is 0. The van der Waals surface area contributed by atoms with E-state index in [1.807, 2.05) is 0 Å². The van der Waals surface area contributed by atoms with E-state index in [-0.39, 0.29) is 0 Å². The molecule has 0 aliphatic heterocycles. The van der Waals surface area contributed by atoms with E-state index < -0.39 is 244 Å². The van der Waals surface area contributed by atoms with Crippen molar-refractivity contribution in [1.82, 2.24) is 0 Å². The number of carboxylic acid groups (broad SMARTS) is 15. The van der Waals surface area contributed by atoms with E-state index in [2.05, 4.69) is 14.2 Å². The van der Waals surface area contributed by atoms with Gasteiger partial charge < -0.3 is 95.9 Å². The number of rotatable bonds is 23. The van der Waals surface area contributed by atoms with E-state index in [0.717, 1.165) is 0 Å². The van der Waals surface area contributed by atoms with Gasteiger partial charge in [0.15, 0.2) is 5.60 Å². The molecule has 0 unspecified atom stereocenters. The molecule has 3 aromatic carbocycles. The number of hydrogen-bond donors (Lipinski definition) is 16. The molecule has 0 aliphatic carbocycles. The highest BCUT2D eigenvalue weighted by Gasteiger charge is 2.50. The molecule has 0 spiro atoms. The number of aromatic carboxylic acids is 15. The predicted octanol–water partition coefficient (Wildman–Crippen LogP) is -1.88. The van der Waals surface area contributed by atoms with Crippen LogP contribution in [0.25, 0.3) is 0 Å². The minimum absolute atomic E-state index is 2.20. The Kier molecular flexibility index (Phi) is 17.9. The van der Waals surface area contributed by atoms with Gasteiger partial charge in [-0.3, -0.25) is 9.59 Å². The Morgan fingerprint density at radius 2 is 0.341 bits per heavy atom. The maximum absolute atomic E-state index is 13.9. The average Bonchev–Trinajstić information content (AvgIpc) is 3.13. The molecule has 0 radical (unpaired) electrons. The second kappa shape index (κ2) is 23.1. The van der Waals surface area contributed by atoms with Crippen molar-refractivity contribution in [3.8, 4) is 0 Å². The first kappa shape index (κ1) is 63.4. The molecule has 0 aliphatic rings. The highest BCUT2D eigenvalue weighted by atomic mass is 16.6. The van der Waals surface area contributed by atoms with Crippen molar-refractivity contribution < 1.29 is 197 Å². The van der Waals surface area contributed by atoms with Gasteiger partial charge in [-0.1, -0.05) is 0 Å². The molecule has 0 saturated carbocycles. The molecular weight excluding hydrogens is 1140 g/mol. The van der Waals surface area contributed by atoms with Crippen LogP contribution in [0.2, 0.25) is 0 Å². The lowest BCUT2D eigenvalue weighted by atomic mass is 9.85. The predicted molar refractivity (Wildman–Crippen MR) is 229 cm³/mol. The Labute approximate surface area is 440 Å². The number of aliphatic hydroxyl groups is 1. The fraction of sp³-hybridized carbons (Fsp3) is 0.0714. The first-order chi connectivity index (χ1) is 37.5. The Hall–Kier alpha value is -12.9. The SMILES string of the molecule is O=C(CC(O)(CC(=O)OC(=O)c1c(C(=O)O)c(C(=O)O)c(C(=O)O)c(C(=O)O)c1C(=O)O)C(=O)OC(=O)c1c(C(=O)O)c(C(=O)O)c(C(=O)O)c(C(=O)O)c1C(=O)O)OC(=O)c1c(C(=O)O)c(C(=O)O)c(C(=O)O)c(C(=O)O)c1C(=O)O. The lowest BCUT2D eigenvalue weighted by Gasteiger charge is -2.24. The van der Waals surface area contributed by atoms with Gasteiger partial charge in [-0.15, -0.1) is 0 Å². The average molecular weight is 1160 g/mol. The van der Waals surface area contributed by atoms with Gasteiger partial charge in [0.1, 0.15) is 0 Å². The zero-order chi connectivity index (χ0) is 63.6. The first-order valence-electron chi connectivity index (χ1n) is 19.8. The number of carbonyl (C=O) groups excluding carboxylic acids is 6. The van der Waals surface area contributed by atoms with Crippen LogP contribution in [0.5, 0.6) is 0 Å². The summed E-state index contributed by atoms with van der Waals surface area (Å²) in [5.74, 6) is -60.6. The third-order valence-corrected chi connectivity index (χ3v) is 10.2. The maximum atomic E-state index is 13.9. The molecule has 0 heterocycles. The van der Waals surface area contributed by atoms with E-state index in [4.69, 9.17) is 0 Å². The van der Waals surface area contributed by atoms with E-state index in [9.17, 15) is 182 Å². The molecule has 82 heavy (non-hydrogen) atoms. The lowest BCUT2D eigenvalue weighted by Crippen LogP contribution is -2.46. The van der Waals surface area contributed by atoms with Crippen LogP contribution < -0.4 is 0 Å². The summed E-state index contributed by atoms with van der Waals surface area (Å²) in [6.07, 6.45) is -5.67. The van der Waals surface area contributed by atoms with Gasteiger partial charge in [0.2, 0.25) is 0 Å². The van der Waals surface area contributed by atoms with Gasteiger partial charge in [-0.25, -0.2) is 91.1 Å². The maximum Gasteiger partial charge on any atom is 0.347 e. The monoisotopic (exact) mass is 1160 g/mol. The molecule has 0 bridgehead atoms. The minimum atomic E-state index is -4.81. The van der Waals surface area contributed by atoms with Gasteiger partial charge in [0, 0.05) is 0 Å². The van der Waals surface area contributed by atoms with Crippen LogP contribution in [0, 0.1) is 0 Å². The van der Waals surface area contributed by atoms with Gasteiger partial charge in [0.25, 0.3) is 0 Å². The van der Waals surface area contributed by atoms with Crippen LogP contribution in [0.15, 0.2) is 0 Å². The van der Waals surface area contributed by atoms with Crippen LogP contribution in [0.1, 0.15) is 199 Å². The fourth-order valence-corrected chi connectivity index (χ4v) is 7.37. The third kappa shape index (κ3) is 11.6. The molecule has 0 aromatic heterocycles.